The average molecular weight is 455 g/mol. The summed E-state index contributed by atoms with van der Waals surface area (Å²) in [6.07, 6.45) is 9.11. The Kier molecular flexibility index (Phi) is 6.43. The van der Waals surface area contributed by atoms with Crippen LogP contribution < -0.4 is 0 Å². The van der Waals surface area contributed by atoms with E-state index < -0.39 is 11.9 Å². The molecule has 3 fully saturated rings. The second kappa shape index (κ2) is 8.06. The Morgan fingerprint density at radius 1 is 1.29 bits per heavy atom. The van der Waals surface area contributed by atoms with Crippen LogP contribution in [-0.2, 0) is 14.3 Å². The van der Waals surface area contributed by atoms with Gasteiger partial charge < -0.3 is 9.47 Å². The molecule has 2 aliphatic carbocycles. The van der Waals surface area contributed by atoms with Crippen LogP contribution >= 0.6 is 15.9 Å². The Morgan fingerprint density at radius 3 is 2.61 bits per heavy atom. The fourth-order valence-electron chi connectivity index (χ4n) is 6.15. The van der Waals surface area contributed by atoms with Crippen molar-refractivity contribution in [3.05, 3.63) is 10.6 Å². The molecule has 6 atom stereocenters. The number of ether oxygens (including phenoxy) is 2. The van der Waals surface area contributed by atoms with Crippen molar-refractivity contribution in [1.29, 1.82) is 0 Å². The molecule has 4 heteroatoms. The van der Waals surface area contributed by atoms with Gasteiger partial charge in [-0.25, -0.2) is 4.79 Å². The van der Waals surface area contributed by atoms with E-state index in [1.165, 1.54) is 32.1 Å². The molecule has 3 nitrogen and oxygen atoms in total. The number of hydrogen-bond acceptors (Lipinski definition) is 3. The van der Waals surface area contributed by atoms with E-state index in [0.717, 1.165) is 31.1 Å². The molecule has 0 aromatic rings. The predicted molar refractivity (Wildman–Crippen MR) is 117 cm³/mol. The lowest BCUT2D eigenvalue weighted by molar-refractivity contribution is -0.155. The highest BCUT2D eigenvalue weighted by molar-refractivity contribution is 9.11. The van der Waals surface area contributed by atoms with Crippen molar-refractivity contribution in [2.24, 2.45) is 28.6 Å². The highest BCUT2D eigenvalue weighted by Gasteiger charge is 2.52. The van der Waals surface area contributed by atoms with Crippen LogP contribution in [0.25, 0.3) is 0 Å². The van der Waals surface area contributed by atoms with Gasteiger partial charge in [-0.3, -0.25) is 0 Å². The van der Waals surface area contributed by atoms with Crippen LogP contribution in [0, 0.1) is 28.6 Å². The summed E-state index contributed by atoms with van der Waals surface area (Å²) < 4.78 is 11.6. The number of halogens is 1. The summed E-state index contributed by atoms with van der Waals surface area (Å²) in [4.78, 5) is 14.6. The first kappa shape index (κ1) is 22.3. The highest BCUT2D eigenvalue weighted by Crippen LogP contribution is 2.60. The summed E-state index contributed by atoms with van der Waals surface area (Å²) in [7, 11) is 0. The molecule has 0 amide bonds. The zero-order valence-corrected chi connectivity index (χ0v) is 20.2. The van der Waals surface area contributed by atoms with Gasteiger partial charge in [0, 0.05) is 5.41 Å². The Morgan fingerprint density at radius 2 is 2.00 bits per heavy atom. The van der Waals surface area contributed by atoms with Gasteiger partial charge >= 0.3 is 5.97 Å². The van der Waals surface area contributed by atoms with Crippen LogP contribution in [0.2, 0.25) is 0 Å². The number of allylic oxidation sites excluding steroid dienone is 1. The van der Waals surface area contributed by atoms with Gasteiger partial charge in [-0.05, 0) is 80.0 Å². The van der Waals surface area contributed by atoms with Gasteiger partial charge in [0.1, 0.15) is 0 Å². The molecular formula is C24H39BrO3. The Labute approximate surface area is 180 Å². The van der Waals surface area contributed by atoms with Crippen molar-refractivity contribution in [3.63, 3.8) is 0 Å². The molecule has 28 heavy (non-hydrogen) atoms. The number of esters is 1. The molecule has 0 aromatic heterocycles. The number of fused-ring (bicyclic) bond motifs is 1. The molecule has 0 aromatic carbocycles. The molecule has 1 unspecified atom stereocenters. The largest absolute Gasteiger partial charge is 0.433 e. The maximum absolute atomic E-state index is 12.4. The van der Waals surface area contributed by atoms with E-state index in [0.29, 0.717) is 11.3 Å². The molecule has 0 radical (unpaired) electrons. The van der Waals surface area contributed by atoms with Gasteiger partial charge in [0.25, 0.3) is 0 Å². The third kappa shape index (κ3) is 4.10. The number of hydrogen-bond donors (Lipinski definition) is 0. The van der Waals surface area contributed by atoms with E-state index in [-0.39, 0.29) is 11.4 Å². The van der Waals surface area contributed by atoms with E-state index in [2.05, 4.69) is 55.5 Å². The normalized spacial score (nSPS) is 41.2. The Balaban J connectivity index is 1.56. The maximum atomic E-state index is 12.4. The van der Waals surface area contributed by atoms with Gasteiger partial charge in [-0.1, -0.05) is 62.5 Å². The lowest BCUT2D eigenvalue weighted by Gasteiger charge is -2.44. The minimum atomic E-state index is -0.781. The SMILES string of the molecule is C[C@H](CCC[C@@]1(C)O[C@H](C(C)(C)C)OC1=O)[C@H]1CCC2/C(=C/Br)CCC[C@@]21C. The number of rotatable bonds is 5. The fourth-order valence-corrected chi connectivity index (χ4v) is 6.70. The minimum Gasteiger partial charge on any atom is -0.433 e. The van der Waals surface area contributed by atoms with Crippen molar-refractivity contribution < 1.29 is 14.3 Å². The van der Waals surface area contributed by atoms with E-state index >= 15 is 0 Å². The zero-order valence-electron chi connectivity index (χ0n) is 18.6. The van der Waals surface area contributed by atoms with Crippen LogP contribution in [0.1, 0.15) is 92.9 Å². The summed E-state index contributed by atoms with van der Waals surface area (Å²) in [5.74, 6) is 2.04. The average Bonchev–Trinajstić information content (AvgIpc) is 3.11. The molecule has 2 saturated carbocycles. The predicted octanol–water partition coefficient (Wildman–Crippen LogP) is 6.99. The summed E-state index contributed by atoms with van der Waals surface area (Å²) in [6, 6.07) is 0. The van der Waals surface area contributed by atoms with Crippen LogP contribution in [0.5, 0.6) is 0 Å². The second-order valence-electron chi connectivity index (χ2n) is 11.1. The summed E-state index contributed by atoms with van der Waals surface area (Å²) >= 11 is 3.62. The van der Waals surface area contributed by atoms with Crippen LogP contribution in [0.15, 0.2) is 10.6 Å². The molecule has 1 heterocycles. The first-order chi connectivity index (χ1) is 13.0. The number of cyclic esters (lactones) is 1. The molecule has 0 bridgehead atoms. The quantitative estimate of drug-likeness (QED) is 0.419. The highest BCUT2D eigenvalue weighted by atomic mass is 79.9. The van der Waals surface area contributed by atoms with E-state index in [1.807, 2.05) is 6.92 Å². The van der Waals surface area contributed by atoms with Gasteiger partial charge in [0.15, 0.2) is 5.60 Å². The lowest BCUT2D eigenvalue weighted by atomic mass is 9.61. The number of carbonyl (C=O) groups excluding carboxylic acids is 1. The van der Waals surface area contributed by atoms with Gasteiger partial charge in [-0.15, -0.1) is 0 Å². The molecule has 1 saturated heterocycles. The second-order valence-corrected chi connectivity index (χ2v) is 11.6. The maximum Gasteiger partial charge on any atom is 0.340 e. The molecule has 3 rings (SSSR count). The summed E-state index contributed by atoms with van der Waals surface area (Å²) in [5.41, 5.74) is 1.11. The molecule has 0 spiro atoms. The van der Waals surface area contributed by atoms with Crippen LogP contribution in [-0.4, -0.2) is 17.9 Å². The molecule has 3 aliphatic rings. The van der Waals surface area contributed by atoms with Crippen molar-refractivity contribution in [2.45, 2.75) is 105 Å². The van der Waals surface area contributed by atoms with Gasteiger partial charge in [0.2, 0.25) is 6.29 Å². The van der Waals surface area contributed by atoms with E-state index in [1.54, 1.807) is 5.57 Å². The fraction of sp³-hybridized carbons (Fsp3) is 0.875. The van der Waals surface area contributed by atoms with E-state index in [9.17, 15) is 4.79 Å². The first-order valence-corrected chi connectivity index (χ1v) is 12.1. The standard InChI is InChI=1S/C24H39BrO3/c1-16(18-11-12-19-17(15-25)10-8-13-23(18,19)5)9-7-14-24(6)20(26)27-21(28-24)22(2,3)4/h15-16,18-19,21H,7-14H2,1-6H3/b17-15+/t16-,18-,19?,21-,23-,24-/m1/s1. The topological polar surface area (TPSA) is 35.5 Å². The first-order valence-electron chi connectivity index (χ1n) is 11.2. The van der Waals surface area contributed by atoms with Crippen molar-refractivity contribution in [2.75, 3.05) is 0 Å². The van der Waals surface area contributed by atoms with Gasteiger partial charge in [-0.2, -0.15) is 0 Å². The number of carbonyl (C=O) groups is 1. The summed E-state index contributed by atoms with van der Waals surface area (Å²) in [6.45, 7) is 13.0. The van der Waals surface area contributed by atoms with Gasteiger partial charge in [0.05, 0.1) is 0 Å². The lowest BCUT2D eigenvalue weighted by Crippen LogP contribution is -2.36. The van der Waals surface area contributed by atoms with Crippen molar-refractivity contribution >= 4 is 21.9 Å². The van der Waals surface area contributed by atoms with Crippen LogP contribution in [0.3, 0.4) is 0 Å². The minimum absolute atomic E-state index is 0.185. The monoisotopic (exact) mass is 454 g/mol. The smallest absolute Gasteiger partial charge is 0.340 e. The molecular weight excluding hydrogens is 416 g/mol. The van der Waals surface area contributed by atoms with E-state index in [4.69, 9.17) is 9.47 Å². The Bertz CT molecular complexity index is 622. The molecule has 160 valence electrons. The third-order valence-electron chi connectivity index (χ3n) is 7.90. The summed E-state index contributed by atoms with van der Waals surface area (Å²) in [5, 5.41) is 0. The van der Waals surface area contributed by atoms with Crippen molar-refractivity contribution in [1.82, 2.24) is 0 Å². The third-order valence-corrected chi connectivity index (χ3v) is 8.49. The van der Waals surface area contributed by atoms with Crippen molar-refractivity contribution in [3.8, 4) is 0 Å². The Hall–Kier alpha value is -0.350. The van der Waals surface area contributed by atoms with Crippen LogP contribution in [0.4, 0.5) is 0 Å². The zero-order chi connectivity index (χ0) is 20.7. The molecule has 0 N–H and O–H groups in total. The molecule has 1 aliphatic heterocycles.